The quantitative estimate of drug-likeness (QED) is 0.829. The van der Waals surface area contributed by atoms with Gasteiger partial charge in [-0.05, 0) is 31.2 Å². The van der Waals surface area contributed by atoms with Gasteiger partial charge in [-0.2, -0.15) is 0 Å². The molecule has 4 nitrogen and oxygen atoms in total. The van der Waals surface area contributed by atoms with Gasteiger partial charge >= 0.3 is 0 Å². The molecule has 98 valence electrons. The second-order valence-electron chi connectivity index (χ2n) is 5.75. The molecular weight excluding hydrogens is 244 g/mol. The maximum absolute atomic E-state index is 5.66. The number of aromatic nitrogens is 2. The molecule has 0 amide bonds. The minimum Gasteiger partial charge on any atom is -0.388 e. The van der Waals surface area contributed by atoms with Crippen LogP contribution in [0.15, 0.2) is 6.07 Å². The van der Waals surface area contributed by atoms with Gasteiger partial charge in [-0.3, -0.25) is 0 Å². The van der Waals surface area contributed by atoms with Gasteiger partial charge in [0.15, 0.2) is 0 Å². The molecule has 0 spiro atoms. The van der Waals surface area contributed by atoms with Crippen LogP contribution in [-0.2, 0) is 0 Å². The van der Waals surface area contributed by atoms with Gasteiger partial charge in [0.25, 0.3) is 0 Å². The monoisotopic (exact) mass is 264 g/mol. The van der Waals surface area contributed by atoms with Crippen molar-refractivity contribution in [2.75, 3.05) is 18.0 Å². The summed E-state index contributed by atoms with van der Waals surface area (Å²) in [6.45, 7) is 8.49. The Labute approximate surface area is 114 Å². The fourth-order valence-electron chi connectivity index (χ4n) is 2.41. The van der Waals surface area contributed by atoms with E-state index >= 15 is 0 Å². The molecule has 0 aromatic carbocycles. The Morgan fingerprint density at radius 1 is 1.44 bits per heavy atom. The Morgan fingerprint density at radius 2 is 2.17 bits per heavy atom. The van der Waals surface area contributed by atoms with Crippen LogP contribution in [0.4, 0.5) is 5.95 Å². The maximum atomic E-state index is 5.66. The van der Waals surface area contributed by atoms with Crippen molar-refractivity contribution in [2.45, 2.75) is 33.6 Å². The van der Waals surface area contributed by atoms with Crippen molar-refractivity contribution in [3.05, 3.63) is 17.5 Å². The number of hydrogen-bond acceptors (Lipinski definition) is 4. The minimum atomic E-state index is 0.314. The third-order valence-electron chi connectivity index (χ3n) is 3.28. The number of anilines is 1. The van der Waals surface area contributed by atoms with Gasteiger partial charge in [0.05, 0.1) is 0 Å². The first kappa shape index (κ1) is 13.2. The summed E-state index contributed by atoms with van der Waals surface area (Å²) in [7, 11) is 0. The molecule has 0 saturated carbocycles. The molecule has 1 aliphatic rings. The molecule has 0 aliphatic carbocycles. The molecular formula is C13H20N4S. The topological polar surface area (TPSA) is 55.0 Å². The largest absolute Gasteiger partial charge is 0.388 e. The van der Waals surface area contributed by atoms with Crippen molar-refractivity contribution in [3.8, 4) is 0 Å². The van der Waals surface area contributed by atoms with E-state index in [1.54, 1.807) is 0 Å². The van der Waals surface area contributed by atoms with Crippen LogP contribution in [0, 0.1) is 12.3 Å². The van der Waals surface area contributed by atoms with Crippen LogP contribution in [0.5, 0.6) is 0 Å². The van der Waals surface area contributed by atoms with Crippen LogP contribution in [-0.4, -0.2) is 28.0 Å². The number of aryl methyl sites for hydroxylation is 1. The fourth-order valence-corrected chi connectivity index (χ4v) is 2.52. The molecule has 0 atom stereocenters. The Morgan fingerprint density at radius 3 is 2.78 bits per heavy atom. The Balaban J connectivity index is 2.30. The molecule has 0 radical (unpaired) electrons. The van der Waals surface area contributed by atoms with E-state index in [9.17, 15) is 0 Å². The molecule has 1 aliphatic heterocycles. The number of piperidine rings is 1. The van der Waals surface area contributed by atoms with Crippen molar-refractivity contribution in [1.29, 1.82) is 0 Å². The lowest BCUT2D eigenvalue weighted by Gasteiger charge is -2.38. The highest BCUT2D eigenvalue weighted by Gasteiger charge is 2.28. The molecule has 0 bridgehead atoms. The maximum Gasteiger partial charge on any atom is 0.226 e. The fraction of sp³-hybridized carbons (Fsp3) is 0.615. The van der Waals surface area contributed by atoms with E-state index in [0.29, 0.717) is 16.1 Å². The van der Waals surface area contributed by atoms with Gasteiger partial charge in [0.1, 0.15) is 10.7 Å². The molecule has 2 rings (SSSR count). The van der Waals surface area contributed by atoms with Crippen molar-refractivity contribution in [1.82, 2.24) is 9.97 Å². The van der Waals surface area contributed by atoms with Gasteiger partial charge in [-0.1, -0.05) is 26.1 Å². The molecule has 0 unspecified atom stereocenters. The van der Waals surface area contributed by atoms with Crippen molar-refractivity contribution in [3.63, 3.8) is 0 Å². The Hall–Kier alpha value is -1.23. The van der Waals surface area contributed by atoms with Crippen molar-refractivity contribution >= 4 is 23.2 Å². The van der Waals surface area contributed by atoms with Crippen molar-refractivity contribution < 1.29 is 0 Å². The average Bonchev–Trinajstić information content (AvgIpc) is 2.26. The second-order valence-corrected chi connectivity index (χ2v) is 6.19. The van der Waals surface area contributed by atoms with Gasteiger partial charge in [-0.15, -0.1) is 0 Å². The zero-order valence-electron chi connectivity index (χ0n) is 11.2. The molecule has 1 aromatic heterocycles. The highest BCUT2D eigenvalue weighted by molar-refractivity contribution is 7.80. The average molecular weight is 264 g/mol. The standard InChI is InChI=1S/C13H20N4S/c1-9-7-10(11(14)18)16-12(15-9)17-6-4-5-13(2,3)8-17/h7H,4-6,8H2,1-3H3,(H2,14,18). The summed E-state index contributed by atoms with van der Waals surface area (Å²) in [5, 5.41) is 0. The number of nitrogens with two attached hydrogens (primary N) is 1. The number of hydrogen-bond donors (Lipinski definition) is 1. The van der Waals surface area contributed by atoms with Crippen molar-refractivity contribution in [2.24, 2.45) is 11.1 Å². The van der Waals surface area contributed by atoms with E-state index in [1.165, 1.54) is 12.8 Å². The van der Waals surface area contributed by atoms with Crippen LogP contribution in [0.3, 0.4) is 0 Å². The minimum absolute atomic E-state index is 0.314. The van der Waals surface area contributed by atoms with Gasteiger partial charge in [0, 0.05) is 18.8 Å². The van der Waals surface area contributed by atoms with Crippen LogP contribution in [0.2, 0.25) is 0 Å². The lowest BCUT2D eigenvalue weighted by atomic mass is 9.84. The first-order valence-electron chi connectivity index (χ1n) is 6.28. The molecule has 1 aromatic rings. The SMILES string of the molecule is Cc1cc(C(N)=S)nc(N2CCCC(C)(C)C2)n1. The van der Waals surface area contributed by atoms with Gasteiger partial charge in [-0.25, -0.2) is 9.97 Å². The summed E-state index contributed by atoms with van der Waals surface area (Å²) in [6.07, 6.45) is 2.42. The number of rotatable bonds is 2. The third-order valence-corrected chi connectivity index (χ3v) is 3.49. The summed E-state index contributed by atoms with van der Waals surface area (Å²) < 4.78 is 0. The predicted molar refractivity (Wildman–Crippen MR) is 77.9 cm³/mol. The first-order chi connectivity index (χ1) is 8.37. The predicted octanol–water partition coefficient (Wildman–Crippen LogP) is 2.05. The molecule has 2 N–H and O–H groups in total. The third kappa shape index (κ3) is 2.96. The van der Waals surface area contributed by atoms with Gasteiger partial charge < -0.3 is 10.6 Å². The zero-order chi connectivity index (χ0) is 13.3. The number of thiocarbonyl (C=S) groups is 1. The van der Waals surface area contributed by atoms with E-state index in [4.69, 9.17) is 18.0 Å². The second kappa shape index (κ2) is 4.80. The van der Waals surface area contributed by atoms with E-state index in [-0.39, 0.29) is 0 Å². The lowest BCUT2D eigenvalue weighted by Crippen LogP contribution is -2.41. The molecule has 2 heterocycles. The van der Waals surface area contributed by atoms with E-state index in [1.807, 2.05) is 13.0 Å². The Bertz CT molecular complexity index is 470. The summed E-state index contributed by atoms with van der Waals surface area (Å²) >= 11 is 5.00. The van der Waals surface area contributed by atoms with Crippen LogP contribution in [0.1, 0.15) is 38.1 Å². The van der Waals surface area contributed by atoms with Crippen LogP contribution >= 0.6 is 12.2 Å². The highest BCUT2D eigenvalue weighted by Crippen LogP contribution is 2.30. The zero-order valence-corrected chi connectivity index (χ0v) is 12.0. The molecule has 1 fully saturated rings. The highest BCUT2D eigenvalue weighted by atomic mass is 32.1. The first-order valence-corrected chi connectivity index (χ1v) is 6.69. The summed E-state index contributed by atoms with van der Waals surface area (Å²) in [6, 6.07) is 1.83. The van der Waals surface area contributed by atoms with E-state index in [2.05, 4.69) is 28.7 Å². The van der Waals surface area contributed by atoms with Crippen LogP contribution < -0.4 is 10.6 Å². The molecule has 1 saturated heterocycles. The molecule has 5 heteroatoms. The summed E-state index contributed by atoms with van der Waals surface area (Å²) in [4.78, 5) is 11.5. The van der Waals surface area contributed by atoms with Crippen LogP contribution in [0.25, 0.3) is 0 Å². The molecule has 18 heavy (non-hydrogen) atoms. The Kier molecular flexibility index (Phi) is 3.52. The lowest BCUT2D eigenvalue weighted by molar-refractivity contribution is 0.291. The normalized spacial score (nSPS) is 18.7. The smallest absolute Gasteiger partial charge is 0.226 e. The van der Waals surface area contributed by atoms with E-state index in [0.717, 1.165) is 24.7 Å². The summed E-state index contributed by atoms with van der Waals surface area (Å²) in [5.41, 5.74) is 7.54. The van der Waals surface area contributed by atoms with E-state index < -0.39 is 0 Å². The summed E-state index contributed by atoms with van der Waals surface area (Å²) in [5.74, 6) is 0.755. The number of nitrogens with zero attached hydrogens (tertiary/aromatic N) is 3. The van der Waals surface area contributed by atoms with Gasteiger partial charge in [0.2, 0.25) is 5.95 Å².